The Morgan fingerprint density at radius 3 is 2.57 bits per heavy atom. The molecule has 106 valence electrons. The van der Waals surface area contributed by atoms with E-state index in [0.29, 0.717) is 0 Å². The van der Waals surface area contributed by atoms with E-state index in [-0.39, 0.29) is 0 Å². The van der Waals surface area contributed by atoms with Gasteiger partial charge in [0.25, 0.3) is 0 Å². The molecule has 0 spiro atoms. The van der Waals surface area contributed by atoms with Crippen molar-refractivity contribution >= 4 is 10.9 Å². The van der Waals surface area contributed by atoms with E-state index in [0.717, 1.165) is 19.1 Å². The molecule has 21 heavy (non-hydrogen) atoms. The van der Waals surface area contributed by atoms with E-state index in [1.807, 2.05) is 6.20 Å². The summed E-state index contributed by atoms with van der Waals surface area (Å²) in [6.07, 6.45) is 4.61. The number of para-hydroxylation sites is 1. The molecule has 3 nitrogen and oxygen atoms in total. The molecular formula is C18H19N3. The number of hydrogen-bond acceptors (Lipinski definition) is 2. The number of benzene rings is 2. The lowest BCUT2D eigenvalue weighted by atomic mass is 10.1. The second kappa shape index (κ2) is 5.34. The van der Waals surface area contributed by atoms with Gasteiger partial charge in [-0.15, -0.1) is 0 Å². The zero-order chi connectivity index (χ0) is 14.1. The predicted octanol–water partition coefficient (Wildman–Crippen LogP) is 3.34. The van der Waals surface area contributed by atoms with Crippen LogP contribution in [0.4, 0.5) is 0 Å². The molecule has 1 heterocycles. The molecule has 0 amide bonds. The highest BCUT2D eigenvalue weighted by Crippen LogP contribution is 2.19. The van der Waals surface area contributed by atoms with Gasteiger partial charge in [-0.05, 0) is 30.0 Å². The first kappa shape index (κ1) is 12.6. The molecule has 1 N–H and O–H groups in total. The molecule has 0 unspecified atom stereocenters. The summed E-state index contributed by atoms with van der Waals surface area (Å²) in [6, 6.07) is 18.0. The van der Waals surface area contributed by atoms with Crippen LogP contribution in [0.5, 0.6) is 0 Å². The SMILES string of the molecule is c1ccc2c(c1)cnn2Cc1ccc(CNC2CC2)cc1. The number of aromatic nitrogens is 2. The smallest absolute Gasteiger partial charge is 0.0686 e. The molecular weight excluding hydrogens is 258 g/mol. The Morgan fingerprint density at radius 1 is 1.00 bits per heavy atom. The lowest BCUT2D eigenvalue weighted by Gasteiger charge is -2.06. The van der Waals surface area contributed by atoms with Gasteiger partial charge < -0.3 is 5.32 Å². The third kappa shape index (κ3) is 2.83. The molecule has 0 saturated heterocycles. The van der Waals surface area contributed by atoms with Gasteiger partial charge in [-0.2, -0.15) is 5.10 Å². The van der Waals surface area contributed by atoms with Gasteiger partial charge in [0.05, 0.1) is 18.3 Å². The quantitative estimate of drug-likeness (QED) is 0.775. The first-order valence-electron chi connectivity index (χ1n) is 7.60. The number of fused-ring (bicyclic) bond motifs is 1. The standard InChI is InChI=1S/C18H19N3/c1-2-4-18-16(3-1)12-20-21(18)13-15-7-5-14(6-8-15)11-19-17-9-10-17/h1-8,12,17,19H,9-11,13H2. The van der Waals surface area contributed by atoms with Crippen LogP contribution in [0.15, 0.2) is 54.7 Å². The third-order valence-electron chi connectivity index (χ3n) is 4.08. The Labute approximate surface area is 124 Å². The Balaban J connectivity index is 1.48. The maximum absolute atomic E-state index is 4.49. The van der Waals surface area contributed by atoms with Gasteiger partial charge in [0.15, 0.2) is 0 Å². The molecule has 0 aliphatic heterocycles. The highest BCUT2D eigenvalue weighted by molar-refractivity contribution is 5.78. The second-order valence-corrected chi connectivity index (χ2v) is 5.83. The van der Waals surface area contributed by atoms with Gasteiger partial charge in [0, 0.05) is 18.0 Å². The van der Waals surface area contributed by atoms with Gasteiger partial charge in [-0.3, -0.25) is 4.68 Å². The van der Waals surface area contributed by atoms with Crippen LogP contribution in [0, 0.1) is 0 Å². The van der Waals surface area contributed by atoms with Gasteiger partial charge in [0.1, 0.15) is 0 Å². The van der Waals surface area contributed by atoms with Crippen LogP contribution in [0.2, 0.25) is 0 Å². The van der Waals surface area contributed by atoms with Crippen LogP contribution >= 0.6 is 0 Å². The van der Waals surface area contributed by atoms with Gasteiger partial charge in [0.2, 0.25) is 0 Å². The van der Waals surface area contributed by atoms with E-state index in [9.17, 15) is 0 Å². The van der Waals surface area contributed by atoms with Gasteiger partial charge in [-0.25, -0.2) is 0 Å². The van der Waals surface area contributed by atoms with E-state index in [1.165, 1.54) is 34.9 Å². The fourth-order valence-corrected chi connectivity index (χ4v) is 2.64. The average Bonchev–Trinajstić information content (AvgIpc) is 3.28. The second-order valence-electron chi connectivity index (χ2n) is 5.83. The minimum absolute atomic E-state index is 0.764. The highest BCUT2D eigenvalue weighted by Gasteiger charge is 2.19. The van der Waals surface area contributed by atoms with Crippen LogP contribution in [-0.2, 0) is 13.1 Å². The Kier molecular flexibility index (Phi) is 3.20. The number of nitrogens with zero attached hydrogens (tertiary/aromatic N) is 2. The minimum Gasteiger partial charge on any atom is -0.310 e. The average molecular weight is 277 g/mol. The van der Waals surface area contributed by atoms with Crippen LogP contribution < -0.4 is 5.32 Å². The van der Waals surface area contributed by atoms with Crippen LogP contribution in [0.1, 0.15) is 24.0 Å². The topological polar surface area (TPSA) is 29.9 Å². The minimum atomic E-state index is 0.764. The third-order valence-corrected chi connectivity index (χ3v) is 4.08. The van der Waals surface area contributed by atoms with E-state index < -0.39 is 0 Å². The molecule has 4 rings (SSSR count). The fraction of sp³-hybridized carbons (Fsp3) is 0.278. The van der Waals surface area contributed by atoms with Gasteiger partial charge in [-0.1, -0.05) is 42.5 Å². The van der Waals surface area contributed by atoms with Crippen molar-refractivity contribution in [3.63, 3.8) is 0 Å². The molecule has 3 heteroatoms. The molecule has 0 bridgehead atoms. The van der Waals surface area contributed by atoms with Crippen LogP contribution in [-0.4, -0.2) is 15.8 Å². The molecule has 1 aliphatic rings. The molecule has 1 aliphatic carbocycles. The number of hydrogen-bond donors (Lipinski definition) is 1. The van der Waals surface area contributed by atoms with Crippen molar-refractivity contribution in [1.29, 1.82) is 0 Å². The molecule has 3 aromatic rings. The summed E-state index contributed by atoms with van der Waals surface area (Å²) in [5.41, 5.74) is 3.84. The Bertz CT molecular complexity index is 739. The maximum Gasteiger partial charge on any atom is 0.0686 e. The molecule has 0 atom stereocenters. The largest absolute Gasteiger partial charge is 0.310 e. The summed E-state index contributed by atoms with van der Waals surface area (Å²) in [5, 5.41) is 9.23. The van der Waals surface area contributed by atoms with E-state index >= 15 is 0 Å². The Hall–Kier alpha value is -2.13. The highest BCUT2D eigenvalue weighted by atomic mass is 15.3. The van der Waals surface area contributed by atoms with Crippen molar-refractivity contribution in [2.75, 3.05) is 0 Å². The molecule has 1 fully saturated rings. The molecule has 1 aromatic heterocycles. The zero-order valence-electron chi connectivity index (χ0n) is 12.0. The summed E-state index contributed by atoms with van der Waals surface area (Å²) in [7, 11) is 0. The summed E-state index contributed by atoms with van der Waals surface area (Å²) < 4.78 is 2.06. The van der Waals surface area contributed by atoms with Gasteiger partial charge >= 0.3 is 0 Å². The molecule has 1 saturated carbocycles. The fourth-order valence-electron chi connectivity index (χ4n) is 2.64. The van der Waals surface area contributed by atoms with E-state index in [1.54, 1.807) is 0 Å². The van der Waals surface area contributed by atoms with Crippen molar-refractivity contribution < 1.29 is 0 Å². The zero-order valence-corrected chi connectivity index (χ0v) is 12.0. The number of nitrogens with one attached hydrogen (secondary N) is 1. The first-order chi connectivity index (χ1) is 10.4. The summed E-state index contributed by atoms with van der Waals surface area (Å²) in [5.74, 6) is 0. The molecule has 0 radical (unpaired) electrons. The number of rotatable bonds is 5. The monoisotopic (exact) mass is 277 g/mol. The summed E-state index contributed by atoms with van der Waals surface area (Å²) in [6.45, 7) is 1.81. The predicted molar refractivity (Wildman–Crippen MR) is 85.1 cm³/mol. The van der Waals surface area contributed by atoms with Crippen molar-refractivity contribution in [2.24, 2.45) is 0 Å². The van der Waals surface area contributed by atoms with E-state index in [4.69, 9.17) is 0 Å². The lowest BCUT2D eigenvalue weighted by Crippen LogP contribution is -2.15. The maximum atomic E-state index is 4.49. The van der Waals surface area contributed by atoms with E-state index in [2.05, 4.69) is 63.6 Å². The lowest BCUT2D eigenvalue weighted by molar-refractivity contribution is 0.685. The van der Waals surface area contributed by atoms with Crippen LogP contribution in [0.3, 0.4) is 0 Å². The van der Waals surface area contributed by atoms with Crippen molar-refractivity contribution in [2.45, 2.75) is 32.0 Å². The first-order valence-corrected chi connectivity index (χ1v) is 7.60. The van der Waals surface area contributed by atoms with Crippen molar-refractivity contribution in [1.82, 2.24) is 15.1 Å². The van der Waals surface area contributed by atoms with Crippen molar-refractivity contribution in [3.05, 3.63) is 65.9 Å². The van der Waals surface area contributed by atoms with Crippen molar-refractivity contribution in [3.8, 4) is 0 Å². The molecule has 2 aromatic carbocycles. The normalized spacial score (nSPS) is 14.7. The summed E-state index contributed by atoms with van der Waals surface area (Å²) in [4.78, 5) is 0. The van der Waals surface area contributed by atoms with Crippen LogP contribution in [0.25, 0.3) is 10.9 Å². The summed E-state index contributed by atoms with van der Waals surface area (Å²) >= 11 is 0. The Morgan fingerprint density at radius 2 is 1.76 bits per heavy atom.